The molecule has 6 rings (SSSR count). The SMILES string of the molecule is O=C(Oc1cccc(N2C(=O)c3ccccc3C2=O)c1)c1c(-c2ccccc2)c(-c2ccccc2)n[nH]c1=O. The van der Waals surface area contributed by atoms with Gasteiger partial charge in [-0.25, -0.2) is 14.8 Å². The molecule has 1 aromatic heterocycles. The third-order valence-electron chi connectivity index (χ3n) is 6.38. The van der Waals surface area contributed by atoms with E-state index >= 15 is 0 Å². The van der Waals surface area contributed by atoms with Crippen molar-refractivity contribution >= 4 is 23.5 Å². The largest absolute Gasteiger partial charge is 0.423 e. The van der Waals surface area contributed by atoms with Gasteiger partial charge in [0.25, 0.3) is 17.4 Å². The highest BCUT2D eigenvalue weighted by Crippen LogP contribution is 2.33. The number of nitrogens with one attached hydrogen (secondary N) is 1. The second kappa shape index (κ2) is 9.68. The van der Waals surface area contributed by atoms with Gasteiger partial charge in [-0.1, -0.05) is 78.9 Å². The predicted molar refractivity (Wildman–Crippen MR) is 145 cm³/mol. The van der Waals surface area contributed by atoms with Crippen molar-refractivity contribution in [2.24, 2.45) is 0 Å². The number of anilines is 1. The normalized spacial score (nSPS) is 12.4. The smallest absolute Gasteiger partial charge is 0.349 e. The Kier molecular flexibility index (Phi) is 5.89. The summed E-state index contributed by atoms with van der Waals surface area (Å²) in [7, 11) is 0. The third-order valence-corrected chi connectivity index (χ3v) is 6.38. The Labute approximate surface area is 222 Å². The summed E-state index contributed by atoms with van der Waals surface area (Å²) in [6, 6.07) is 30.8. The molecule has 0 fully saturated rings. The number of hydrogen-bond acceptors (Lipinski definition) is 6. The average molecular weight is 514 g/mol. The van der Waals surface area contributed by atoms with E-state index in [1.54, 1.807) is 60.7 Å². The molecular weight excluding hydrogens is 494 g/mol. The molecule has 0 saturated heterocycles. The van der Waals surface area contributed by atoms with Gasteiger partial charge in [-0.05, 0) is 29.8 Å². The zero-order valence-electron chi connectivity index (χ0n) is 20.3. The molecule has 188 valence electrons. The van der Waals surface area contributed by atoms with Gasteiger partial charge in [-0.15, -0.1) is 0 Å². The van der Waals surface area contributed by atoms with E-state index in [-0.39, 0.29) is 17.0 Å². The molecule has 8 nitrogen and oxygen atoms in total. The molecule has 0 atom stereocenters. The molecule has 8 heteroatoms. The molecule has 1 aliphatic rings. The number of carbonyl (C=O) groups is 3. The molecular formula is C31H19N3O5. The van der Waals surface area contributed by atoms with E-state index in [9.17, 15) is 19.2 Å². The van der Waals surface area contributed by atoms with Crippen LogP contribution in [-0.2, 0) is 0 Å². The fourth-order valence-electron chi connectivity index (χ4n) is 4.60. The highest BCUT2D eigenvalue weighted by Gasteiger charge is 2.36. The molecule has 0 radical (unpaired) electrons. The number of H-pyrrole nitrogens is 1. The summed E-state index contributed by atoms with van der Waals surface area (Å²) in [5.74, 6) is -1.79. The number of aromatic nitrogens is 2. The van der Waals surface area contributed by atoms with Crippen molar-refractivity contribution in [2.75, 3.05) is 4.90 Å². The first kappa shape index (κ1) is 23.7. The standard InChI is InChI=1S/C31H19N3O5/c35-28-26(25(19-10-3-1-4-11-19)27(32-33-28)20-12-5-2-6-13-20)31(38)39-22-15-9-14-21(18-22)34-29(36)23-16-7-8-17-24(23)30(34)37/h1-18H,(H,33,35). The van der Waals surface area contributed by atoms with E-state index < -0.39 is 23.3 Å². The Morgan fingerprint density at radius 3 is 1.92 bits per heavy atom. The fourth-order valence-corrected chi connectivity index (χ4v) is 4.60. The molecule has 5 aromatic rings. The Balaban J connectivity index is 1.40. The summed E-state index contributed by atoms with van der Waals surface area (Å²) in [4.78, 5) is 53.4. The first-order valence-corrected chi connectivity index (χ1v) is 12.1. The number of hydrogen-bond donors (Lipinski definition) is 1. The second-order valence-corrected chi connectivity index (χ2v) is 8.76. The van der Waals surface area contributed by atoms with Gasteiger partial charge < -0.3 is 4.74 Å². The van der Waals surface area contributed by atoms with Gasteiger partial charge >= 0.3 is 5.97 Å². The number of ether oxygens (including phenoxy) is 1. The van der Waals surface area contributed by atoms with Crippen molar-refractivity contribution < 1.29 is 19.1 Å². The molecule has 4 aromatic carbocycles. The highest BCUT2D eigenvalue weighted by atomic mass is 16.5. The second-order valence-electron chi connectivity index (χ2n) is 8.76. The summed E-state index contributed by atoms with van der Waals surface area (Å²) in [6.45, 7) is 0. The van der Waals surface area contributed by atoms with Crippen LogP contribution in [0, 0.1) is 0 Å². The molecule has 2 heterocycles. The number of esters is 1. The molecule has 1 aliphatic heterocycles. The van der Waals surface area contributed by atoms with Gasteiger partial charge in [-0.2, -0.15) is 5.10 Å². The van der Waals surface area contributed by atoms with Crippen LogP contribution in [0.4, 0.5) is 5.69 Å². The third kappa shape index (κ3) is 4.19. The van der Waals surface area contributed by atoms with Crippen LogP contribution in [0.1, 0.15) is 31.1 Å². The number of fused-ring (bicyclic) bond motifs is 1. The molecule has 0 aliphatic carbocycles. The van der Waals surface area contributed by atoms with Crippen LogP contribution in [0.5, 0.6) is 5.75 Å². The van der Waals surface area contributed by atoms with Crippen molar-refractivity contribution in [1.82, 2.24) is 10.2 Å². The van der Waals surface area contributed by atoms with E-state index in [2.05, 4.69) is 10.2 Å². The van der Waals surface area contributed by atoms with Crippen molar-refractivity contribution in [3.05, 3.63) is 136 Å². The molecule has 2 amide bonds. The van der Waals surface area contributed by atoms with Crippen LogP contribution in [-0.4, -0.2) is 28.0 Å². The maximum Gasteiger partial charge on any atom is 0.349 e. The Hall–Kier alpha value is -5.63. The highest BCUT2D eigenvalue weighted by molar-refractivity contribution is 6.34. The number of nitrogens with zero attached hydrogens (tertiary/aromatic N) is 2. The molecule has 0 unspecified atom stereocenters. The van der Waals surface area contributed by atoms with Gasteiger partial charge in [0.05, 0.1) is 22.5 Å². The number of benzene rings is 4. The minimum atomic E-state index is -0.908. The molecule has 39 heavy (non-hydrogen) atoms. The Bertz CT molecular complexity index is 1780. The van der Waals surface area contributed by atoms with Crippen LogP contribution in [0.25, 0.3) is 22.4 Å². The number of imide groups is 1. The van der Waals surface area contributed by atoms with Gasteiger partial charge in [0, 0.05) is 17.2 Å². The topological polar surface area (TPSA) is 109 Å². The lowest BCUT2D eigenvalue weighted by atomic mass is 9.95. The van der Waals surface area contributed by atoms with Crippen molar-refractivity contribution in [2.45, 2.75) is 0 Å². The van der Waals surface area contributed by atoms with Crippen LogP contribution < -0.4 is 15.2 Å². The zero-order valence-corrected chi connectivity index (χ0v) is 20.3. The van der Waals surface area contributed by atoms with Crippen LogP contribution in [0.2, 0.25) is 0 Å². The Morgan fingerprint density at radius 2 is 1.28 bits per heavy atom. The minimum absolute atomic E-state index is 0.0607. The summed E-state index contributed by atoms with van der Waals surface area (Å²) in [5, 5.41) is 6.67. The van der Waals surface area contributed by atoms with Crippen LogP contribution >= 0.6 is 0 Å². The number of rotatable bonds is 5. The lowest BCUT2D eigenvalue weighted by molar-refractivity contribution is 0.0733. The van der Waals surface area contributed by atoms with E-state index in [0.29, 0.717) is 33.5 Å². The van der Waals surface area contributed by atoms with Crippen molar-refractivity contribution in [3.63, 3.8) is 0 Å². The summed E-state index contributed by atoms with van der Waals surface area (Å²) in [6.07, 6.45) is 0. The molecule has 0 saturated carbocycles. The first-order chi connectivity index (χ1) is 19.0. The summed E-state index contributed by atoms with van der Waals surface area (Å²) in [5.41, 5.74) is 1.96. The fraction of sp³-hybridized carbons (Fsp3) is 0. The average Bonchev–Trinajstić information content (AvgIpc) is 3.23. The van der Waals surface area contributed by atoms with E-state index in [1.807, 2.05) is 36.4 Å². The Morgan fingerprint density at radius 1 is 0.692 bits per heavy atom. The van der Waals surface area contributed by atoms with E-state index in [1.165, 1.54) is 12.1 Å². The van der Waals surface area contributed by atoms with Gasteiger partial charge in [0.15, 0.2) is 0 Å². The van der Waals surface area contributed by atoms with Crippen molar-refractivity contribution in [1.29, 1.82) is 0 Å². The van der Waals surface area contributed by atoms with Gasteiger partial charge in [0.1, 0.15) is 11.3 Å². The minimum Gasteiger partial charge on any atom is -0.423 e. The number of carbonyl (C=O) groups excluding carboxylic acids is 3. The predicted octanol–water partition coefficient (Wildman–Crippen LogP) is 5.12. The lowest BCUT2D eigenvalue weighted by Crippen LogP contribution is -2.29. The number of aromatic amines is 1. The zero-order chi connectivity index (χ0) is 26.9. The van der Waals surface area contributed by atoms with E-state index in [4.69, 9.17) is 4.74 Å². The van der Waals surface area contributed by atoms with Crippen LogP contribution in [0.15, 0.2) is 114 Å². The summed E-state index contributed by atoms with van der Waals surface area (Å²) >= 11 is 0. The van der Waals surface area contributed by atoms with Crippen LogP contribution in [0.3, 0.4) is 0 Å². The number of amides is 2. The van der Waals surface area contributed by atoms with Gasteiger partial charge in [0.2, 0.25) is 0 Å². The van der Waals surface area contributed by atoms with Gasteiger partial charge in [-0.3, -0.25) is 14.4 Å². The lowest BCUT2D eigenvalue weighted by Gasteiger charge is -2.16. The van der Waals surface area contributed by atoms with Crippen molar-refractivity contribution in [3.8, 4) is 28.1 Å². The first-order valence-electron chi connectivity index (χ1n) is 12.1. The summed E-state index contributed by atoms with van der Waals surface area (Å²) < 4.78 is 5.65. The van der Waals surface area contributed by atoms with E-state index in [0.717, 1.165) is 4.90 Å². The monoisotopic (exact) mass is 513 g/mol. The molecule has 0 spiro atoms. The molecule has 1 N–H and O–H groups in total. The molecule has 0 bridgehead atoms. The maximum absolute atomic E-state index is 13.5. The maximum atomic E-state index is 13.5. The quantitative estimate of drug-likeness (QED) is 0.198.